The van der Waals surface area contributed by atoms with Crippen LogP contribution in [0.25, 0.3) is 0 Å². The molecule has 2 aromatic rings. The molecule has 1 saturated heterocycles. The van der Waals surface area contributed by atoms with Crippen LogP contribution in [0.3, 0.4) is 0 Å². The first-order chi connectivity index (χ1) is 8.92. The molecule has 5 nitrogen and oxygen atoms in total. The molecule has 94 valence electrons. The Morgan fingerprint density at radius 1 is 1.39 bits per heavy atom. The first-order valence-electron chi connectivity index (χ1n) is 6.36. The summed E-state index contributed by atoms with van der Waals surface area (Å²) in [5, 5.41) is 7.38. The molecule has 0 spiro atoms. The third-order valence-corrected chi connectivity index (χ3v) is 3.20. The van der Waals surface area contributed by atoms with Crippen molar-refractivity contribution >= 4 is 0 Å². The molecule has 1 fully saturated rings. The molecule has 1 unspecified atom stereocenters. The molecule has 1 N–H and O–H groups in total. The first kappa shape index (κ1) is 11.3. The van der Waals surface area contributed by atoms with Gasteiger partial charge >= 0.3 is 0 Å². The SMILES string of the molecule is c1cncc(CCc2noc(C3CCCN3)n2)c1. The zero-order chi connectivity index (χ0) is 12.2. The summed E-state index contributed by atoms with van der Waals surface area (Å²) in [5.41, 5.74) is 1.20. The highest BCUT2D eigenvalue weighted by atomic mass is 16.5. The molecule has 2 aromatic heterocycles. The second kappa shape index (κ2) is 5.27. The van der Waals surface area contributed by atoms with E-state index < -0.39 is 0 Å². The smallest absolute Gasteiger partial charge is 0.243 e. The minimum absolute atomic E-state index is 0.254. The van der Waals surface area contributed by atoms with Gasteiger partial charge in [-0.15, -0.1) is 0 Å². The predicted molar refractivity (Wildman–Crippen MR) is 65.9 cm³/mol. The fourth-order valence-corrected chi connectivity index (χ4v) is 2.21. The van der Waals surface area contributed by atoms with Crippen molar-refractivity contribution in [3.05, 3.63) is 41.8 Å². The summed E-state index contributed by atoms with van der Waals surface area (Å²) >= 11 is 0. The maximum absolute atomic E-state index is 5.30. The van der Waals surface area contributed by atoms with E-state index in [0.29, 0.717) is 0 Å². The number of aromatic nitrogens is 3. The second-order valence-corrected chi connectivity index (χ2v) is 4.56. The molecule has 3 rings (SSSR count). The van der Waals surface area contributed by atoms with Gasteiger partial charge in [0.25, 0.3) is 0 Å². The van der Waals surface area contributed by atoms with Gasteiger partial charge in [0.1, 0.15) is 0 Å². The number of nitrogens with one attached hydrogen (secondary N) is 1. The number of pyridine rings is 1. The summed E-state index contributed by atoms with van der Waals surface area (Å²) in [6, 6.07) is 4.26. The summed E-state index contributed by atoms with van der Waals surface area (Å²) in [5.74, 6) is 1.51. The standard InChI is InChI=1S/C13H16N4O/c1-3-10(9-14-7-1)5-6-12-16-13(18-17-12)11-4-2-8-15-11/h1,3,7,9,11,15H,2,4-6,8H2. The summed E-state index contributed by atoms with van der Waals surface area (Å²) in [7, 11) is 0. The molecule has 0 saturated carbocycles. The van der Waals surface area contributed by atoms with Gasteiger partial charge in [-0.25, -0.2) is 0 Å². The largest absolute Gasteiger partial charge is 0.338 e. The molecule has 0 aliphatic carbocycles. The van der Waals surface area contributed by atoms with Crippen LogP contribution in [0, 0.1) is 0 Å². The van der Waals surface area contributed by atoms with Crippen molar-refractivity contribution in [3.8, 4) is 0 Å². The molecular weight excluding hydrogens is 228 g/mol. The highest BCUT2D eigenvalue weighted by Crippen LogP contribution is 2.21. The van der Waals surface area contributed by atoms with Crippen molar-refractivity contribution in [3.63, 3.8) is 0 Å². The molecule has 1 aliphatic rings. The van der Waals surface area contributed by atoms with E-state index in [1.807, 2.05) is 12.3 Å². The number of nitrogens with zero attached hydrogens (tertiary/aromatic N) is 3. The van der Waals surface area contributed by atoms with E-state index in [2.05, 4.69) is 26.5 Å². The van der Waals surface area contributed by atoms with Crippen LogP contribution in [-0.2, 0) is 12.8 Å². The lowest BCUT2D eigenvalue weighted by Crippen LogP contribution is -2.13. The molecular formula is C13H16N4O. The summed E-state index contributed by atoms with van der Waals surface area (Å²) in [4.78, 5) is 8.54. The zero-order valence-corrected chi connectivity index (χ0v) is 10.2. The topological polar surface area (TPSA) is 63.8 Å². The van der Waals surface area contributed by atoms with Crippen LogP contribution in [0.5, 0.6) is 0 Å². The van der Waals surface area contributed by atoms with Gasteiger partial charge in [-0.1, -0.05) is 11.2 Å². The maximum atomic E-state index is 5.30. The van der Waals surface area contributed by atoms with E-state index in [9.17, 15) is 0 Å². The van der Waals surface area contributed by atoms with Crippen molar-refractivity contribution in [1.29, 1.82) is 0 Å². The lowest BCUT2D eigenvalue weighted by Gasteiger charge is -2.01. The average Bonchev–Trinajstić information content (AvgIpc) is 3.08. The number of rotatable bonds is 4. The number of hydrogen-bond donors (Lipinski definition) is 1. The van der Waals surface area contributed by atoms with E-state index in [0.717, 1.165) is 37.5 Å². The van der Waals surface area contributed by atoms with Gasteiger partial charge < -0.3 is 9.84 Å². The van der Waals surface area contributed by atoms with Crippen LogP contribution < -0.4 is 5.32 Å². The Morgan fingerprint density at radius 3 is 3.17 bits per heavy atom. The molecule has 18 heavy (non-hydrogen) atoms. The quantitative estimate of drug-likeness (QED) is 0.886. The Kier molecular flexibility index (Phi) is 3.32. The summed E-state index contributed by atoms with van der Waals surface area (Å²) in [6.07, 6.45) is 7.61. The van der Waals surface area contributed by atoms with Gasteiger partial charge in [0, 0.05) is 18.8 Å². The third kappa shape index (κ3) is 2.56. The molecule has 1 atom stereocenters. The lowest BCUT2D eigenvalue weighted by molar-refractivity contribution is 0.341. The molecule has 0 radical (unpaired) electrons. The van der Waals surface area contributed by atoms with Crippen molar-refractivity contribution in [2.75, 3.05) is 6.54 Å². The summed E-state index contributed by atoms with van der Waals surface area (Å²) in [6.45, 7) is 1.04. The van der Waals surface area contributed by atoms with E-state index in [1.54, 1.807) is 6.20 Å². The van der Waals surface area contributed by atoms with Crippen LogP contribution in [0.2, 0.25) is 0 Å². The van der Waals surface area contributed by atoms with Gasteiger partial charge in [-0.2, -0.15) is 4.98 Å². The average molecular weight is 244 g/mol. The summed E-state index contributed by atoms with van der Waals surface area (Å²) < 4.78 is 5.30. The van der Waals surface area contributed by atoms with Crippen LogP contribution in [0.15, 0.2) is 29.0 Å². The second-order valence-electron chi connectivity index (χ2n) is 4.56. The third-order valence-electron chi connectivity index (χ3n) is 3.20. The molecule has 3 heterocycles. The van der Waals surface area contributed by atoms with Crippen molar-refractivity contribution < 1.29 is 4.52 Å². The fourth-order valence-electron chi connectivity index (χ4n) is 2.21. The van der Waals surface area contributed by atoms with Crippen molar-refractivity contribution in [1.82, 2.24) is 20.4 Å². The minimum atomic E-state index is 0.254. The Morgan fingerprint density at radius 2 is 2.39 bits per heavy atom. The van der Waals surface area contributed by atoms with E-state index in [1.165, 1.54) is 12.0 Å². The Labute approximate surface area is 106 Å². The Balaban J connectivity index is 1.60. The van der Waals surface area contributed by atoms with Crippen LogP contribution >= 0.6 is 0 Å². The minimum Gasteiger partial charge on any atom is -0.338 e. The van der Waals surface area contributed by atoms with E-state index in [-0.39, 0.29) is 6.04 Å². The highest BCUT2D eigenvalue weighted by Gasteiger charge is 2.22. The van der Waals surface area contributed by atoms with E-state index in [4.69, 9.17) is 4.52 Å². The van der Waals surface area contributed by atoms with Crippen molar-refractivity contribution in [2.45, 2.75) is 31.7 Å². The van der Waals surface area contributed by atoms with Gasteiger partial charge in [0.2, 0.25) is 5.89 Å². The molecule has 1 aliphatic heterocycles. The lowest BCUT2D eigenvalue weighted by atomic mass is 10.1. The Hall–Kier alpha value is -1.75. The molecule has 0 bridgehead atoms. The van der Waals surface area contributed by atoms with Gasteiger partial charge in [0.05, 0.1) is 6.04 Å². The highest BCUT2D eigenvalue weighted by molar-refractivity contribution is 5.09. The van der Waals surface area contributed by atoms with Crippen LogP contribution in [0.4, 0.5) is 0 Å². The number of aryl methyl sites for hydroxylation is 2. The molecule has 0 aromatic carbocycles. The monoisotopic (exact) mass is 244 g/mol. The molecule has 5 heteroatoms. The maximum Gasteiger partial charge on any atom is 0.243 e. The Bertz CT molecular complexity index is 491. The van der Waals surface area contributed by atoms with Gasteiger partial charge in [-0.3, -0.25) is 4.98 Å². The van der Waals surface area contributed by atoms with Gasteiger partial charge in [-0.05, 0) is 37.4 Å². The van der Waals surface area contributed by atoms with E-state index >= 15 is 0 Å². The fraction of sp³-hybridized carbons (Fsp3) is 0.462. The first-order valence-corrected chi connectivity index (χ1v) is 6.36. The predicted octanol–water partition coefficient (Wildman–Crippen LogP) is 1.67. The van der Waals surface area contributed by atoms with Crippen molar-refractivity contribution in [2.24, 2.45) is 0 Å². The number of hydrogen-bond acceptors (Lipinski definition) is 5. The van der Waals surface area contributed by atoms with Gasteiger partial charge in [0.15, 0.2) is 5.82 Å². The normalized spacial score (nSPS) is 19.2. The molecule has 0 amide bonds. The zero-order valence-electron chi connectivity index (χ0n) is 10.2. The van der Waals surface area contributed by atoms with Crippen LogP contribution in [-0.4, -0.2) is 21.7 Å². The van der Waals surface area contributed by atoms with Crippen LogP contribution in [0.1, 0.15) is 36.2 Å².